The summed E-state index contributed by atoms with van der Waals surface area (Å²) < 4.78 is 1.09. The van der Waals surface area contributed by atoms with Crippen LogP contribution in [0.1, 0.15) is 29.7 Å². The molecule has 2 aromatic carbocycles. The van der Waals surface area contributed by atoms with E-state index in [0.29, 0.717) is 11.6 Å². The fourth-order valence-corrected chi connectivity index (χ4v) is 2.10. The molecule has 0 aliphatic heterocycles. The zero-order valence-corrected chi connectivity index (χ0v) is 12.3. The minimum absolute atomic E-state index is 0.295. The third-order valence-electron chi connectivity index (χ3n) is 3.07. The van der Waals surface area contributed by atoms with Crippen LogP contribution in [0, 0.1) is 11.3 Å². The summed E-state index contributed by atoms with van der Waals surface area (Å²) in [5, 5.41) is 12.2. The second-order valence-electron chi connectivity index (χ2n) is 4.46. The van der Waals surface area contributed by atoms with E-state index >= 15 is 0 Å². The lowest BCUT2D eigenvalue weighted by Crippen LogP contribution is -2.17. The summed E-state index contributed by atoms with van der Waals surface area (Å²) >= 11 is 3.44. The van der Waals surface area contributed by atoms with E-state index in [-0.39, 0.29) is 0 Å². The molecule has 0 amide bonds. The van der Waals surface area contributed by atoms with Gasteiger partial charge in [0.1, 0.15) is 0 Å². The van der Waals surface area contributed by atoms with Crippen LogP contribution in [-0.4, -0.2) is 0 Å². The maximum absolute atomic E-state index is 8.75. The highest BCUT2D eigenvalue weighted by atomic mass is 79.9. The van der Waals surface area contributed by atoms with Crippen molar-refractivity contribution in [3.63, 3.8) is 0 Å². The summed E-state index contributed by atoms with van der Waals surface area (Å²) in [5.41, 5.74) is 3.14. The van der Waals surface area contributed by atoms with Crippen molar-refractivity contribution in [1.82, 2.24) is 5.32 Å². The van der Waals surface area contributed by atoms with Crippen LogP contribution in [0.5, 0.6) is 0 Å². The van der Waals surface area contributed by atoms with Gasteiger partial charge in [-0.15, -0.1) is 0 Å². The van der Waals surface area contributed by atoms with Crippen LogP contribution >= 0.6 is 15.9 Å². The van der Waals surface area contributed by atoms with E-state index < -0.39 is 0 Å². The molecule has 19 heavy (non-hydrogen) atoms. The Bertz CT molecular complexity index is 567. The summed E-state index contributed by atoms with van der Waals surface area (Å²) in [6.45, 7) is 2.94. The van der Waals surface area contributed by atoms with Crippen LogP contribution in [0.15, 0.2) is 53.0 Å². The number of nitriles is 1. The largest absolute Gasteiger partial charge is 0.306 e. The van der Waals surface area contributed by atoms with Crippen LogP contribution in [0.2, 0.25) is 0 Å². The zero-order chi connectivity index (χ0) is 13.7. The van der Waals surface area contributed by atoms with Crippen LogP contribution in [0.25, 0.3) is 0 Å². The first-order valence-electron chi connectivity index (χ1n) is 6.17. The molecule has 0 aliphatic rings. The molecule has 0 fully saturated rings. The summed E-state index contributed by atoms with van der Waals surface area (Å²) in [6, 6.07) is 18.4. The van der Waals surface area contributed by atoms with Crippen LogP contribution in [0.4, 0.5) is 0 Å². The van der Waals surface area contributed by atoms with E-state index in [1.807, 2.05) is 24.3 Å². The molecule has 2 aromatic rings. The molecule has 2 nitrogen and oxygen atoms in total. The van der Waals surface area contributed by atoms with Crippen LogP contribution in [-0.2, 0) is 6.54 Å². The molecule has 0 saturated carbocycles. The summed E-state index contributed by atoms with van der Waals surface area (Å²) in [6.07, 6.45) is 0. The number of nitrogens with zero attached hydrogens (tertiary/aromatic N) is 1. The molecular weight excluding hydrogens is 300 g/mol. The first kappa shape index (κ1) is 13.8. The standard InChI is InChI=1S/C16H15BrN2/c1-12(15-6-8-16(17)9-7-15)19-11-14-4-2-13(10-18)3-5-14/h2-9,12,19H,11H2,1H3/t12-/m1/s1. The Morgan fingerprint density at radius 3 is 2.32 bits per heavy atom. The van der Waals surface area contributed by atoms with Gasteiger partial charge in [0, 0.05) is 17.1 Å². The smallest absolute Gasteiger partial charge is 0.0991 e. The van der Waals surface area contributed by atoms with E-state index in [1.54, 1.807) is 0 Å². The van der Waals surface area contributed by atoms with Crippen molar-refractivity contribution >= 4 is 15.9 Å². The number of nitrogens with one attached hydrogen (secondary N) is 1. The lowest BCUT2D eigenvalue weighted by Gasteiger charge is -2.14. The molecule has 0 radical (unpaired) electrons. The van der Waals surface area contributed by atoms with Crippen molar-refractivity contribution < 1.29 is 0 Å². The molecule has 96 valence electrons. The van der Waals surface area contributed by atoms with E-state index in [4.69, 9.17) is 5.26 Å². The highest BCUT2D eigenvalue weighted by Gasteiger charge is 2.04. The van der Waals surface area contributed by atoms with Crippen molar-refractivity contribution in [2.24, 2.45) is 0 Å². The highest BCUT2D eigenvalue weighted by Crippen LogP contribution is 2.17. The van der Waals surface area contributed by atoms with Gasteiger partial charge in [-0.3, -0.25) is 0 Å². The van der Waals surface area contributed by atoms with Crippen molar-refractivity contribution in [2.75, 3.05) is 0 Å². The molecule has 0 bridgehead atoms. The van der Waals surface area contributed by atoms with Gasteiger partial charge in [-0.05, 0) is 42.3 Å². The van der Waals surface area contributed by atoms with Gasteiger partial charge < -0.3 is 5.32 Å². The average Bonchev–Trinajstić information content (AvgIpc) is 2.46. The summed E-state index contributed by atoms with van der Waals surface area (Å²) in [5.74, 6) is 0. The van der Waals surface area contributed by atoms with Gasteiger partial charge in [0.25, 0.3) is 0 Å². The van der Waals surface area contributed by atoms with Crippen molar-refractivity contribution in [3.05, 3.63) is 69.7 Å². The Labute approximate surface area is 122 Å². The average molecular weight is 315 g/mol. The fraction of sp³-hybridized carbons (Fsp3) is 0.188. The number of rotatable bonds is 4. The molecule has 0 aromatic heterocycles. The summed E-state index contributed by atoms with van der Waals surface area (Å²) in [4.78, 5) is 0. The molecule has 1 N–H and O–H groups in total. The van der Waals surface area contributed by atoms with Gasteiger partial charge in [0.2, 0.25) is 0 Å². The van der Waals surface area contributed by atoms with Gasteiger partial charge in [-0.25, -0.2) is 0 Å². The number of halogens is 1. The van der Waals surface area contributed by atoms with E-state index in [2.05, 4.69) is 58.5 Å². The fourth-order valence-electron chi connectivity index (χ4n) is 1.84. The first-order chi connectivity index (χ1) is 9.19. The van der Waals surface area contributed by atoms with Gasteiger partial charge in [0.05, 0.1) is 11.6 Å². The molecule has 0 saturated heterocycles. The van der Waals surface area contributed by atoms with E-state index in [0.717, 1.165) is 11.0 Å². The van der Waals surface area contributed by atoms with Gasteiger partial charge in [-0.1, -0.05) is 40.2 Å². The number of hydrogen-bond acceptors (Lipinski definition) is 2. The Hall–Kier alpha value is -1.63. The topological polar surface area (TPSA) is 35.8 Å². The lowest BCUT2D eigenvalue weighted by atomic mass is 10.1. The molecular formula is C16H15BrN2. The number of hydrogen-bond donors (Lipinski definition) is 1. The lowest BCUT2D eigenvalue weighted by molar-refractivity contribution is 0.574. The maximum Gasteiger partial charge on any atom is 0.0991 e. The molecule has 0 aliphatic carbocycles. The van der Waals surface area contributed by atoms with Crippen molar-refractivity contribution in [1.29, 1.82) is 5.26 Å². The van der Waals surface area contributed by atoms with E-state index in [1.165, 1.54) is 11.1 Å². The molecule has 0 unspecified atom stereocenters. The Kier molecular flexibility index (Phi) is 4.73. The Morgan fingerprint density at radius 1 is 1.11 bits per heavy atom. The second-order valence-corrected chi connectivity index (χ2v) is 5.38. The van der Waals surface area contributed by atoms with Gasteiger partial charge in [-0.2, -0.15) is 5.26 Å². The predicted octanol–water partition coefficient (Wildman–Crippen LogP) is 4.17. The SMILES string of the molecule is C[C@@H](NCc1ccc(C#N)cc1)c1ccc(Br)cc1. The second kappa shape index (κ2) is 6.51. The quantitative estimate of drug-likeness (QED) is 0.919. The normalized spacial score (nSPS) is 11.8. The zero-order valence-electron chi connectivity index (χ0n) is 10.7. The predicted molar refractivity (Wildman–Crippen MR) is 80.6 cm³/mol. The molecule has 3 heteroatoms. The maximum atomic E-state index is 8.75. The van der Waals surface area contributed by atoms with Gasteiger partial charge in [0.15, 0.2) is 0 Å². The minimum atomic E-state index is 0.295. The third kappa shape index (κ3) is 3.92. The Morgan fingerprint density at radius 2 is 1.74 bits per heavy atom. The third-order valence-corrected chi connectivity index (χ3v) is 3.59. The highest BCUT2D eigenvalue weighted by molar-refractivity contribution is 9.10. The first-order valence-corrected chi connectivity index (χ1v) is 6.96. The van der Waals surface area contributed by atoms with Crippen molar-refractivity contribution in [3.8, 4) is 6.07 Å². The number of benzene rings is 2. The van der Waals surface area contributed by atoms with Crippen molar-refractivity contribution in [2.45, 2.75) is 19.5 Å². The van der Waals surface area contributed by atoms with E-state index in [9.17, 15) is 0 Å². The monoisotopic (exact) mass is 314 g/mol. The van der Waals surface area contributed by atoms with Gasteiger partial charge >= 0.3 is 0 Å². The Balaban J connectivity index is 1.94. The molecule has 2 rings (SSSR count). The molecule has 1 atom stereocenters. The minimum Gasteiger partial charge on any atom is -0.306 e. The summed E-state index contributed by atoms with van der Waals surface area (Å²) in [7, 11) is 0. The molecule has 0 spiro atoms. The van der Waals surface area contributed by atoms with Crippen LogP contribution in [0.3, 0.4) is 0 Å². The van der Waals surface area contributed by atoms with Crippen LogP contribution < -0.4 is 5.32 Å². The molecule has 0 heterocycles.